The van der Waals surface area contributed by atoms with Crippen LogP contribution in [0, 0.1) is 5.82 Å². The Morgan fingerprint density at radius 3 is 2.68 bits per heavy atom. The van der Waals surface area contributed by atoms with Gasteiger partial charge in [0.1, 0.15) is 5.82 Å². The monoisotopic (exact) mass is 376 g/mol. The van der Waals surface area contributed by atoms with Crippen LogP contribution in [0.4, 0.5) is 20.6 Å². The standard InChI is InChI=1S/C22H21FN4O/c23-16-5-3-6-17(15-16)24-21(28)26-13-10-22(11-14-26)20-9-4-12-27(20)19-8-2-1-7-18(19)25-22/h1-9,12,15,25H,10-11,13-14H2,(H,24,28). The maximum absolute atomic E-state index is 13.4. The Balaban J connectivity index is 1.34. The lowest BCUT2D eigenvalue weighted by atomic mass is 9.82. The molecular weight excluding hydrogens is 355 g/mol. The van der Waals surface area contributed by atoms with E-state index in [2.05, 4.69) is 45.7 Å². The van der Waals surface area contributed by atoms with Crippen LogP contribution < -0.4 is 10.6 Å². The van der Waals surface area contributed by atoms with Gasteiger partial charge in [0, 0.05) is 30.7 Å². The molecule has 0 aliphatic carbocycles. The van der Waals surface area contributed by atoms with Crippen molar-refractivity contribution >= 4 is 17.4 Å². The van der Waals surface area contributed by atoms with E-state index in [4.69, 9.17) is 0 Å². The van der Waals surface area contributed by atoms with E-state index < -0.39 is 0 Å². The summed E-state index contributed by atoms with van der Waals surface area (Å²) in [5, 5.41) is 6.54. The summed E-state index contributed by atoms with van der Waals surface area (Å²) in [4.78, 5) is 14.4. The Labute approximate surface area is 162 Å². The minimum Gasteiger partial charge on any atom is -0.372 e. The number of nitrogens with zero attached hydrogens (tertiary/aromatic N) is 2. The first-order chi connectivity index (χ1) is 13.6. The SMILES string of the molecule is O=C(Nc1cccc(F)c1)N1CCC2(CC1)Nc1ccccc1-n1cccc12. The fourth-order valence-electron chi connectivity index (χ4n) is 4.33. The molecule has 2 aromatic carbocycles. The highest BCUT2D eigenvalue weighted by atomic mass is 19.1. The number of urea groups is 1. The molecule has 2 N–H and O–H groups in total. The first kappa shape index (κ1) is 16.9. The zero-order chi connectivity index (χ0) is 19.1. The van der Waals surface area contributed by atoms with Crippen LogP contribution in [0.2, 0.25) is 0 Å². The predicted molar refractivity (Wildman–Crippen MR) is 107 cm³/mol. The average molecular weight is 376 g/mol. The summed E-state index contributed by atoms with van der Waals surface area (Å²) in [6.07, 6.45) is 3.71. The second-order valence-electron chi connectivity index (χ2n) is 7.42. The lowest BCUT2D eigenvalue weighted by Gasteiger charge is -2.46. The molecule has 0 unspecified atom stereocenters. The van der Waals surface area contributed by atoms with Gasteiger partial charge in [0.25, 0.3) is 0 Å². The minimum absolute atomic E-state index is 0.187. The van der Waals surface area contributed by atoms with Gasteiger partial charge in [-0.05, 0) is 55.3 Å². The molecule has 28 heavy (non-hydrogen) atoms. The summed E-state index contributed by atoms with van der Waals surface area (Å²) in [6, 6.07) is 18.3. The van der Waals surface area contributed by atoms with Crippen LogP contribution in [0.25, 0.3) is 5.69 Å². The molecule has 2 aliphatic rings. The smallest absolute Gasteiger partial charge is 0.321 e. The van der Waals surface area contributed by atoms with Gasteiger partial charge in [-0.2, -0.15) is 0 Å². The van der Waals surface area contributed by atoms with Crippen molar-refractivity contribution in [1.29, 1.82) is 0 Å². The van der Waals surface area contributed by atoms with E-state index in [1.165, 1.54) is 17.8 Å². The molecule has 1 spiro atoms. The number of aromatic nitrogens is 1. The van der Waals surface area contributed by atoms with Crippen molar-refractivity contribution in [3.63, 3.8) is 0 Å². The second kappa shape index (κ2) is 6.41. The number of hydrogen-bond donors (Lipinski definition) is 2. The largest absolute Gasteiger partial charge is 0.372 e. The van der Waals surface area contributed by atoms with Crippen molar-refractivity contribution in [1.82, 2.24) is 9.47 Å². The Morgan fingerprint density at radius 1 is 1.04 bits per heavy atom. The minimum atomic E-state index is -0.360. The number of hydrogen-bond acceptors (Lipinski definition) is 2. The first-order valence-electron chi connectivity index (χ1n) is 9.52. The van der Waals surface area contributed by atoms with E-state index in [0.29, 0.717) is 18.8 Å². The molecule has 1 aromatic heterocycles. The molecule has 6 heteroatoms. The molecule has 3 aromatic rings. The first-order valence-corrected chi connectivity index (χ1v) is 9.52. The van der Waals surface area contributed by atoms with Crippen molar-refractivity contribution < 1.29 is 9.18 Å². The topological polar surface area (TPSA) is 49.3 Å². The molecule has 142 valence electrons. The van der Waals surface area contributed by atoms with Crippen molar-refractivity contribution in [2.75, 3.05) is 23.7 Å². The Morgan fingerprint density at radius 2 is 1.86 bits per heavy atom. The van der Waals surface area contributed by atoms with Crippen molar-refractivity contribution in [2.24, 2.45) is 0 Å². The summed E-state index contributed by atoms with van der Waals surface area (Å²) in [5.74, 6) is -0.360. The van der Waals surface area contributed by atoms with E-state index in [-0.39, 0.29) is 17.4 Å². The molecule has 3 heterocycles. The van der Waals surface area contributed by atoms with Crippen molar-refractivity contribution in [2.45, 2.75) is 18.4 Å². The third kappa shape index (κ3) is 2.72. The predicted octanol–water partition coefficient (Wildman–Crippen LogP) is 4.57. The number of amides is 2. The van der Waals surface area contributed by atoms with Gasteiger partial charge in [0.15, 0.2) is 0 Å². The van der Waals surface area contributed by atoms with E-state index in [1.807, 2.05) is 12.1 Å². The molecular formula is C22H21FN4O. The number of para-hydroxylation sites is 2. The summed E-state index contributed by atoms with van der Waals surface area (Å²) in [5.41, 5.74) is 3.79. The van der Waals surface area contributed by atoms with E-state index >= 15 is 0 Å². The number of rotatable bonds is 1. The van der Waals surface area contributed by atoms with E-state index in [1.54, 1.807) is 17.0 Å². The summed E-state index contributed by atoms with van der Waals surface area (Å²) >= 11 is 0. The quantitative estimate of drug-likeness (QED) is 0.654. The number of benzene rings is 2. The number of halogens is 1. The van der Waals surface area contributed by atoms with Gasteiger partial charge in [-0.3, -0.25) is 0 Å². The number of fused-ring (bicyclic) bond motifs is 4. The van der Waals surface area contributed by atoms with Gasteiger partial charge >= 0.3 is 6.03 Å². The van der Waals surface area contributed by atoms with Gasteiger partial charge in [0.05, 0.1) is 16.9 Å². The molecule has 5 nitrogen and oxygen atoms in total. The lowest BCUT2D eigenvalue weighted by Crippen LogP contribution is -2.51. The molecule has 2 aliphatic heterocycles. The molecule has 0 bridgehead atoms. The summed E-state index contributed by atoms with van der Waals surface area (Å²) < 4.78 is 15.6. The molecule has 0 radical (unpaired) electrons. The van der Waals surface area contributed by atoms with Crippen LogP contribution in [-0.2, 0) is 5.54 Å². The molecule has 0 atom stereocenters. The normalized spacial score (nSPS) is 16.8. The van der Waals surface area contributed by atoms with Gasteiger partial charge in [-0.1, -0.05) is 18.2 Å². The number of anilines is 2. The Bertz CT molecular complexity index is 1040. The number of carbonyl (C=O) groups excluding carboxylic acids is 1. The van der Waals surface area contributed by atoms with Crippen LogP contribution in [0.3, 0.4) is 0 Å². The van der Waals surface area contributed by atoms with E-state index in [9.17, 15) is 9.18 Å². The number of likely N-dealkylation sites (tertiary alicyclic amines) is 1. The van der Waals surface area contributed by atoms with Gasteiger partial charge in [0.2, 0.25) is 0 Å². The van der Waals surface area contributed by atoms with Crippen LogP contribution in [0.15, 0.2) is 66.9 Å². The maximum atomic E-state index is 13.4. The molecule has 0 saturated carbocycles. The average Bonchev–Trinajstić information content (AvgIpc) is 3.20. The second-order valence-corrected chi connectivity index (χ2v) is 7.42. The number of carbonyl (C=O) groups is 1. The van der Waals surface area contributed by atoms with Crippen molar-refractivity contribution in [3.05, 3.63) is 78.4 Å². The van der Waals surface area contributed by atoms with Crippen molar-refractivity contribution in [3.8, 4) is 5.69 Å². The zero-order valence-electron chi connectivity index (χ0n) is 15.4. The fraction of sp³-hybridized carbons (Fsp3) is 0.227. The zero-order valence-corrected chi connectivity index (χ0v) is 15.4. The molecule has 1 fully saturated rings. The van der Waals surface area contributed by atoms with Gasteiger partial charge in [-0.25, -0.2) is 9.18 Å². The van der Waals surface area contributed by atoms with Gasteiger partial charge < -0.3 is 20.1 Å². The summed E-state index contributed by atoms with van der Waals surface area (Å²) in [6.45, 7) is 1.25. The highest BCUT2D eigenvalue weighted by Gasteiger charge is 2.42. The van der Waals surface area contributed by atoms with Crippen LogP contribution in [0.5, 0.6) is 0 Å². The Hall–Kier alpha value is -3.28. The number of piperidine rings is 1. The maximum Gasteiger partial charge on any atom is 0.321 e. The molecule has 2 amide bonds. The summed E-state index contributed by atoms with van der Waals surface area (Å²) in [7, 11) is 0. The highest BCUT2D eigenvalue weighted by Crippen LogP contribution is 2.43. The fourth-order valence-corrected chi connectivity index (χ4v) is 4.33. The molecule has 1 saturated heterocycles. The van der Waals surface area contributed by atoms with Crippen LogP contribution >= 0.6 is 0 Å². The van der Waals surface area contributed by atoms with Crippen LogP contribution in [-0.4, -0.2) is 28.6 Å². The number of nitrogens with one attached hydrogen (secondary N) is 2. The van der Waals surface area contributed by atoms with E-state index in [0.717, 1.165) is 24.2 Å². The lowest BCUT2D eigenvalue weighted by molar-refractivity contribution is 0.174. The van der Waals surface area contributed by atoms with Crippen LogP contribution in [0.1, 0.15) is 18.5 Å². The third-order valence-corrected chi connectivity index (χ3v) is 5.76. The van der Waals surface area contributed by atoms with Gasteiger partial charge in [-0.15, -0.1) is 0 Å². The highest BCUT2D eigenvalue weighted by molar-refractivity contribution is 5.89. The Kier molecular flexibility index (Phi) is 3.86. The third-order valence-electron chi connectivity index (χ3n) is 5.76. The molecule has 5 rings (SSSR count).